The quantitative estimate of drug-likeness (QED) is 0.885. The van der Waals surface area contributed by atoms with Gasteiger partial charge in [-0.3, -0.25) is 9.69 Å². The van der Waals surface area contributed by atoms with Crippen LogP contribution in [0.2, 0.25) is 0 Å². The zero-order valence-electron chi connectivity index (χ0n) is 15.4. The number of nitrogens with zero attached hydrogens (tertiary/aromatic N) is 2. The first-order valence-corrected chi connectivity index (χ1v) is 9.30. The van der Waals surface area contributed by atoms with E-state index in [1.165, 1.54) is 11.3 Å². The van der Waals surface area contributed by atoms with Crippen molar-refractivity contribution in [1.29, 1.82) is 0 Å². The van der Waals surface area contributed by atoms with E-state index in [1.807, 2.05) is 6.07 Å². The van der Waals surface area contributed by atoms with Gasteiger partial charge in [-0.15, -0.1) is 0 Å². The number of para-hydroxylation sites is 1. The highest BCUT2D eigenvalue weighted by atomic mass is 16.6. The normalized spacial score (nSPS) is 16.9. The molecule has 1 saturated heterocycles. The standard InChI is InChI=1S/C21H23N3O3/c1-15(23-10-9-16-5-2-3-8-19(16)23)14-22-20(25)17-6-4-7-18(13-17)24-11-12-27-21(24)26/h2-8,13,15H,9-12,14H2,1H3,(H,22,25). The third-order valence-electron chi connectivity index (χ3n) is 5.19. The second-order valence-corrected chi connectivity index (χ2v) is 6.95. The van der Waals surface area contributed by atoms with E-state index in [0.717, 1.165) is 13.0 Å². The van der Waals surface area contributed by atoms with Crippen molar-refractivity contribution < 1.29 is 14.3 Å². The molecule has 2 heterocycles. The number of hydrogen-bond donors (Lipinski definition) is 1. The van der Waals surface area contributed by atoms with Crippen molar-refractivity contribution in [2.24, 2.45) is 0 Å². The van der Waals surface area contributed by atoms with Crippen LogP contribution in [-0.2, 0) is 11.2 Å². The van der Waals surface area contributed by atoms with Gasteiger partial charge in [0.15, 0.2) is 0 Å². The largest absolute Gasteiger partial charge is 0.447 e. The molecule has 0 aliphatic carbocycles. The van der Waals surface area contributed by atoms with Crippen LogP contribution in [-0.4, -0.2) is 44.3 Å². The summed E-state index contributed by atoms with van der Waals surface area (Å²) in [7, 11) is 0. The highest BCUT2D eigenvalue weighted by Crippen LogP contribution is 2.29. The molecule has 1 unspecified atom stereocenters. The summed E-state index contributed by atoms with van der Waals surface area (Å²) < 4.78 is 4.97. The minimum atomic E-state index is -0.367. The lowest BCUT2D eigenvalue weighted by Gasteiger charge is -2.27. The maximum absolute atomic E-state index is 12.6. The van der Waals surface area contributed by atoms with Crippen molar-refractivity contribution in [2.75, 3.05) is 36.0 Å². The van der Waals surface area contributed by atoms with Crippen molar-refractivity contribution in [3.63, 3.8) is 0 Å². The monoisotopic (exact) mass is 365 g/mol. The van der Waals surface area contributed by atoms with Gasteiger partial charge in [0.2, 0.25) is 0 Å². The van der Waals surface area contributed by atoms with Gasteiger partial charge in [-0.05, 0) is 43.2 Å². The van der Waals surface area contributed by atoms with Gasteiger partial charge < -0.3 is 15.0 Å². The zero-order chi connectivity index (χ0) is 18.8. The summed E-state index contributed by atoms with van der Waals surface area (Å²) in [5.41, 5.74) is 3.85. The minimum absolute atomic E-state index is 0.135. The first kappa shape index (κ1) is 17.4. The van der Waals surface area contributed by atoms with Crippen LogP contribution in [0.25, 0.3) is 0 Å². The first-order chi connectivity index (χ1) is 13.1. The smallest absolute Gasteiger partial charge is 0.414 e. The molecule has 1 atom stereocenters. The van der Waals surface area contributed by atoms with Crippen LogP contribution in [0, 0.1) is 0 Å². The highest BCUT2D eigenvalue weighted by molar-refractivity contribution is 5.97. The number of benzene rings is 2. The second kappa shape index (κ2) is 7.31. The van der Waals surface area contributed by atoms with Gasteiger partial charge in [0, 0.05) is 36.1 Å². The molecule has 2 aromatic rings. The Bertz CT molecular complexity index is 867. The fraction of sp³-hybridized carbons (Fsp3) is 0.333. The molecule has 6 heteroatoms. The van der Waals surface area contributed by atoms with E-state index in [9.17, 15) is 9.59 Å². The van der Waals surface area contributed by atoms with Crippen molar-refractivity contribution in [3.8, 4) is 0 Å². The molecule has 0 radical (unpaired) electrons. The van der Waals surface area contributed by atoms with Gasteiger partial charge in [0.25, 0.3) is 5.91 Å². The molecule has 1 fully saturated rings. The maximum Gasteiger partial charge on any atom is 0.414 e. The number of anilines is 2. The van der Waals surface area contributed by atoms with E-state index in [0.29, 0.717) is 30.9 Å². The number of nitrogens with one attached hydrogen (secondary N) is 1. The van der Waals surface area contributed by atoms with Crippen LogP contribution in [0.5, 0.6) is 0 Å². The first-order valence-electron chi connectivity index (χ1n) is 9.30. The van der Waals surface area contributed by atoms with Gasteiger partial charge in [0.05, 0.1) is 6.54 Å². The van der Waals surface area contributed by atoms with Crippen LogP contribution in [0.1, 0.15) is 22.8 Å². The average Bonchev–Trinajstić information content (AvgIpc) is 3.32. The van der Waals surface area contributed by atoms with Crippen LogP contribution in [0.4, 0.5) is 16.2 Å². The molecule has 0 aromatic heterocycles. The molecular weight excluding hydrogens is 342 g/mol. The van der Waals surface area contributed by atoms with Gasteiger partial charge >= 0.3 is 6.09 Å². The van der Waals surface area contributed by atoms with Crippen LogP contribution in [0.15, 0.2) is 48.5 Å². The maximum atomic E-state index is 12.6. The van der Waals surface area contributed by atoms with Crippen LogP contribution < -0.4 is 15.1 Å². The van der Waals surface area contributed by atoms with E-state index in [1.54, 1.807) is 23.1 Å². The van der Waals surface area contributed by atoms with E-state index in [-0.39, 0.29) is 18.0 Å². The van der Waals surface area contributed by atoms with Crippen LogP contribution >= 0.6 is 0 Å². The van der Waals surface area contributed by atoms with Gasteiger partial charge in [-0.25, -0.2) is 4.79 Å². The Morgan fingerprint density at radius 1 is 1.19 bits per heavy atom. The third kappa shape index (κ3) is 3.47. The lowest BCUT2D eigenvalue weighted by atomic mass is 10.1. The Hall–Kier alpha value is -3.02. The SMILES string of the molecule is CC(CNC(=O)c1cccc(N2CCOC2=O)c1)N1CCc2ccccc21. The average molecular weight is 365 g/mol. The molecule has 2 aliphatic rings. The molecule has 0 saturated carbocycles. The summed E-state index contributed by atoms with van der Waals surface area (Å²) >= 11 is 0. The van der Waals surface area contributed by atoms with Gasteiger partial charge in [-0.2, -0.15) is 0 Å². The van der Waals surface area contributed by atoms with Crippen molar-refractivity contribution >= 4 is 23.4 Å². The minimum Gasteiger partial charge on any atom is -0.447 e. The van der Waals surface area contributed by atoms with Crippen molar-refractivity contribution in [2.45, 2.75) is 19.4 Å². The van der Waals surface area contributed by atoms with Crippen molar-refractivity contribution in [3.05, 3.63) is 59.7 Å². The number of cyclic esters (lactones) is 1. The molecular formula is C21H23N3O3. The summed E-state index contributed by atoms with van der Waals surface area (Å²) in [5.74, 6) is -0.135. The Labute approximate surface area is 158 Å². The van der Waals surface area contributed by atoms with E-state index in [4.69, 9.17) is 4.74 Å². The lowest BCUT2D eigenvalue weighted by molar-refractivity contribution is 0.0951. The molecule has 0 bridgehead atoms. The summed E-state index contributed by atoms with van der Waals surface area (Å²) in [4.78, 5) is 28.2. The lowest BCUT2D eigenvalue weighted by Crippen LogP contribution is -2.41. The summed E-state index contributed by atoms with van der Waals surface area (Å²) in [6.45, 7) is 4.55. The molecule has 4 rings (SSSR count). The molecule has 27 heavy (non-hydrogen) atoms. The molecule has 2 aromatic carbocycles. The summed E-state index contributed by atoms with van der Waals surface area (Å²) in [6.07, 6.45) is 0.677. The Morgan fingerprint density at radius 3 is 2.85 bits per heavy atom. The van der Waals surface area contributed by atoms with E-state index < -0.39 is 0 Å². The van der Waals surface area contributed by atoms with E-state index in [2.05, 4.69) is 41.4 Å². The molecule has 140 valence electrons. The fourth-order valence-corrected chi connectivity index (χ4v) is 3.72. The number of hydrogen-bond acceptors (Lipinski definition) is 4. The molecule has 0 spiro atoms. The fourth-order valence-electron chi connectivity index (χ4n) is 3.72. The molecule has 1 N–H and O–H groups in total. The predicted octanol–water partition coefficient (Wildman–Crippen LogP) is 2.82. The number of rotatable bonds is 5. The van der Waals surface area contributed by atoms with Crippen molar-refractivity contribution in [1.82, 2.24) is 5.32 Å². The third-order valence-corrected chi connectivity index (χ3v) is 5.19. The zero-order valence-corrected chi connectivity index (χ0v) is 15.4. The summed E-state index contributed by atoms with van der Waals surface area (Å²) in [6, 6.07) is 15.7. The highest BCUT2D eigenvalue weighted by Gasteiger charge is 2.25. The second-order valence-electron chi connectivity index (χ2n) is 6.95. The Kier molecular flexibility index (Phi) is 4.71. The Morgan fingerprint density at radius 2 is 2.04 bits per heavy atom. The predicted molar refractivity (Wildman–Crippen MR) is 104 cm³/mol. The number of ether oxygens (including phenoxy) is 1. The van der Waals surface area contributed by atoms with Gasteiger partial charge in [-0.1, -0.05) is 24.3 Å². The number of carbonyl (C=O) groups excluding carboxylic acids is 2. The topological polar surface area (TPSA) is 61.9 Å². The molecule has 2 amide bonds. The number of amides is 2. The number of carbonyl (C=O) groups is 2. The van der Waals surface area contributed by atoms with Gasteiger partial charge in [0.1, 0.15) is 6.61 Å². The Balaban J connectivity index is 1.39. The van der Waals surface area contributed by atoms with Crippen LogP contribution in [0.3, 0.4) is 0 Å². The summed E-state index contributed by atoms with van der Waals surface area (Å²) in [5, 5.41) is 3.02. The van der Waals surface area contributed by atoms with E-state index >= 15 is 0 Å². The molecule has 6 nitrogen and oxygen atoms in total. The number of fused-ring (bicyclic) bond motifs is 1. The molecule has 2 aliphatic heterocycles.